The zero-order valence-electron chi connectivity index (χ0n) is 14.9. The van der Waals surface area contributed by atoms with Crippen LogP contribution in [0.3, 0.4) is 0 Å². The van der Waals surface area contributed by atoms with Crippen LogP contribution in [-0.4, -0.2) is 25.2 Å². The summed E-state index contributed by atoms with van der Waals surface area (Å²) in [6.45, 7) is 6.12. The molecule has 1 aromatic carbocycles. The lowest BCUT2D eigenvalue weighted by atomic mass is 10.1. The van der Waals surface area contributed by atoms with Gasteiger partial charge in [-0.05, 0) is 38.5 Å². The summed E-state index contributed by atoms with van der Waals surface area (Å²) < 4.78 is 2.05. The summed E-state index contributed by atoms with van der Waals surface area (Å²) >= 11 is 0. The Morgan fingerprint density at radius 1 is 1.32 bits per heavy atom. The number of pyridine rings is 1. The van der Waals surface area contributed by atoms with Crippen molar-refractivity contribution in [1.29, 1.82) is 5.26 Å². The maximum atomic E-state index is 10.4. The molecule has 0 bridgehead atoms. The second-order valence-electron chi connectivity index (χ2n) is 7.07. The molecule has 3 rings (SSSR count). The number of aromatic nitrogens is 3. The molecule has 2 aromatic heterocycles. The number of nitriles is 1. The van der Waals surface area contributed by atoms with Gasteiger partial charge in [-0.1, -0.05) is 13.3 Å². The zero-order chi connectivity index (χ0) is 18.2. The van der Waals surface area contributed by atoms with E-state index in [0.717, 1.165) is 36.0 Å². The number of nitrogens with zero attached hydrogens (tertiary/aromatic N) is 4. The highest BCUT2D eigenvalue weighted by molar-refractivity contribution is 6.06. The molecule has 6 nitrogen and oxygen atoms in total. The van der Waals surface area contributed by atoms with Crippen molar-refractivity contribution in [3.8, 4) is 6.07 Å². The van der Waals surface area contributed by atoms with Gasteiger partial charge in [-0.3, -0.25) is 0 Å². The van der Waals surface area contributed by atoms with Crippen LogP contribution >= 0.6 is 0 Å². The predicted octanol–water partition coefficient (Wildman–Crippen LogP) is 3.15. The standard InChI is InChI=1S/C19H23N5O/c1-4-5-6-15-23-16-17(24(15)11-19(2,3)25)13-8-7-12(10-20)9-14(13)22-18(16)21/h7-9,25H,4-6,11H2,1-3H3,(H2,21,22). The first kappa shape index (κ1) is 17.2. The van der Waals surface area contributed by atoms with Gasteiger partial charge in [0.25, 0.3) is 0 Å². The van der Waals surface area contributed by atoms with Gasteiger partial charge in [0.1, 0.15) is 11.3 Å². The van der Waals surface area contributed by atoms with Gasteiger partial charge >= 0.3 is 0 Å². The minimum absolute atomic E-state index is 0.352. The van der Waals surface area contributed by atoms with Crippen LogP contribution in [0.5, 0.6) is 0 Å². The van der Waals surface area contributed by atoms with Crippen LogP contribution in [0.15, 0.2) is 18.2 Å². The molecule has 0 spiro atoms. The van der Waals surface area contributed by atoms with E-state index >= 15 is 0 Å². The second kappa shape index (κ2) is 6.34. The molecule has 0 fully saturated rings. The number of aliphatic hydroxyl groups is 1. The smallest absolute Gasteiger partial charge is 0.152 e. The topological polar surface area (TPSA) is 101 Å². The number of nitrogen functional groups attached to an aromatic ring is 1. The van der Waals surface area contributed by atoms with Crippen LogP contribution in [-0.2, 0) is 13.0 Å². The van der Waals surface area contributed by atoms with Crippen LogP contribution < -0.4 is 5.73 Å². The summed E-state index contributed by atoms with van der Waals surface area (Å²) in [5.74, 6) is 1.26. The number of anilines is 1. The van der Waals surface area contributed by atoms with Crippen LogP contribution in [0.2, 0.25) is 0 Å². The summed E-state index contributed by atoms with van der Waals surface area (Å²) in [4.78, 5) is 9.16. The van der Waals surface area contributed by atoms with Gasteiger partial charge in [0, 0.05) is 11.8 Å². The normalized spacial score (nSPS) is 12.0. The molecule has 0 saturated heterocycles. The molecular formula is C19H23N5O. The van der Waals surface area contributed by atoms with Crippen LogP contribution in [0.4, 0.5) is 5.82 Å². The Balaban J connectivity index is 2.34. The molecule has 0 unspecified atom stereocenters. The van der Waals surface area contributed by atoms with E-state index in [2.05, 4.69) is 22.5 Å². The Kier molecular flexibility index (Phi) is 4.36. The van der Waals surface area contributed by atoms with E-state index in [1.807, 2.05) is 6.07 Å². The average molecular weight is 337 g/mol. The van der Waals surface area contributed by atoms with Gasteiger partial charge in [-0.15, -0.1) is 0 Å². The maximum Gasteiger partial charge on any atom is 0.152 e. The van der Waals surface area contributed by atoms with E-state index in [-0.39, 0.29) is 0 Å². The van der Waals surface area contributed by atoms with Crippen molar-refractivity contribution in [3.63, 3.8) is 0 Å². The molecule has 130 valence electrons. The zero-order valence-corrected chi connectivity index (χ0v) is 14.9. The third-order valence-electron chi connectivity index (χ3n) is 4.21. The Labute approximate surface area is 146 Å². The van der Waals surface area contributed by atoms with Crippen LogP contribution in [0, 0.1) is 11.3 Å². The van der Waals surface area contributed by atoms with E-state index in [9.17, 15) is 5.11 Å². The molecule has 2 heterocycles. The third-order valence-corrected chi connectivity index (χ3v) is 4.21. The number of hydrogen-bond donors (Lipinski definition) is 2. The largest absolute Gasteiger partial charge is 0.389 e. The number of unbranched alkanes of at least 4 members (excludes halogenated alkanes) is 1. The molecule has 3 aromatic rings. The van der Waals surface area contributed by atoms with Crippen molar-refractivity contribution >= 4 is 27.8 Å². The van der Waals surface area contributed by atoms with Gasteiger partial charge in [0.15, 0.2) is 5.82 Å². The minimum atomic E-state index is -0.883. The van der Waals surface area contributed by atoms with E-state index in [1.165, 1.54) is 0 Å². The Morgan fingerprint density at radius 3 is 2.72 bits per heavy atom. The Bertz CT molecular complexity index is 976. The molecule has 0 aliphatic heterocycles. The van der Waals surface area contributed by atoms with Crippen molar-refractivity contribution in [2.45, 2.75) is 52.2 Å². The van der Waals surface area contributed by atoms with E-state index in [0.29, 0.717) is 29.0 Å². The van der Waals surface area contributed by atoms with Gasteiger partial charge in [-0.2, -0.15) is 5.26 Å². The van der Waals surface area contributed by atoms with Gasteiger partial charge in [-0.25, -0.2) is 9.97 Å². The number of rotatable bonds is 5. The number of nitrogens with two attached hydrogens (primary N) is 1. The fourth-order valence-electron chi connectivity index (χ4n) is 3.11. The number of fused-ring (bicyclic) bond motifs is 3. The van der Waals surface area contributed by atoms with Crippen molar-refractivity contribution < 1.29 is 5.11 Å². The summed E-state index contributed by atoms with van der Waals surface area (Å²) in [6.07, 6.45) is 2.89. The third kappa shape index (κ3) is 3.28. The molecule has 0 saturated carbocycles. The SMILES string of the molecule is CCCCc1nc2c(N)nc3cc(C#N)ccc3c2n1CC(C)(C)O. The molecule has 0 atom stereocenters. The quantitative estimate of drug-likeness (QED) is 0.745. The van der Waals surface area contributed by atoms with E-state index in [1.54, 1.807) is 26.0 Å². The number of benzene rings is 1. The molecule has 3 N–H and O–H groups in total. The van der Waals surface area contributed by atoms with E-state index < -0.39 is 5.60 Å². The first-order valence-corrected chi connectivity index (χ1v) is 8.55. The fraction of sp³-hybridized carbons (Fsp3) is 0.421. The maximum absolute atomic E-state index is 10.4. The molecule has 0 radical (unpaired) electrons. The number of aryl methyl sites for hydroxylation is 1. The summed E-state index contributed by atoms with van der Waals surface area (Å²) in [5, 5.41) is 20.4. The first-order valence-electron chi connectivity index (χ1n) is 8.55. The fourth-order valence-corrected chi connectivity index (χ4v) is 3.11. The number of hydrogen-bond acceptors (Lipinski definition) is 5. The highest BCUT2D eigenvalue weighted by Crippen LogP contribution is 2.31. The summed E-state index contributed by atoms with van der Waals surface area (Å²) in [7, 11) is 0. The van der Waals surface area contributed by atoms with Crippen molar-refractivity contribution in [3.05, 3.63) is 29.6 Å². The van der Waals surface area contributed by atoms with Gasteiger partial charge in [0.05, 0.1) is 34.8 Å². The van der Waals surface area contributed by atoms with Crippen molar-refractivity contribution in [2.75, 3.05) is 5.73 Å². The van der Waals surface area contributed by atoms with Gasteiger partial charge in [0.2, 0.25) is 0 Å². The van der Waals surface area contributed by atoms with E-state index in [4.69, 9.17) is 16.0 Å². The lowest BCUT2D eigenvalue weighted by Crippen LogP contribution is -2.27. The molecular weight excluding hydrogens is 314 g/mol. The minimum Gasteiger partial charge on any atom is -0.389 e. The highest BCUT2D eigenvalue weighted by Gasteiger charge is 2.22. The lowest BCUT2D eigenvalue weighted by molar-refractivity contribution is 0.0618. The van der Waals surface area contributed by atoms with Crippen molar-refractivity contribution in [1.82, 2.24) is 14.5 Å². The number of imidazole rings is 1. The predicted molar refractivity (Wildman–Crippen MR) is 99.1 cm³/mol. The summed E-state index contributed by atoms with van der Waals surface area (Å²) in [6, 6.07) is 7.52. The Hall–Kier alpha value is -2.65. The molecule has 0 aliphatic carbocycles. The van der Waals surface area contributed by atoms with Gasteiger partial charge < -0.3 is 15.4 Å². The average Bonchev–Trinajstić information content (AvgIpc) is 2.90. The molecule has 0 aliphatic rings. The second-order valence-corrected chi connectivity index (χ2v) is 7.07. The molecule has 25 heavy (non-hydrogen) atoms. The first-order chi connectivity index (χ1) is 11.8. The Morgan fingerprint density at radius 2 is 2.08 bits per heavy atom. The highest BCUT2D eigenvalue weighted by atomic mass is 16.3. The molecule has 6 heteroatoms. The summed E-state index contributed by atoms with van der Waals surface area (Å²) in [5.41, 5.74) is 8.02. The van der Waals surface area contributed by atoms with Crippen LogP contribution in [0.1, 0.15) is 45.0 Å². The van der Waals surface area contributed by atoms with Crippen molar-refractivity contribution in [2.24, 2.45) is 0 Å². The molecule has 0 amide bonds. The lowest BCUT2D eigenvalue weighted by Gasteiger charge is -2.20. The monoisotopic (exact) mass is 337 g/mol. The van der Waals surface area contributed by atoms with Crippen LogP contribution in [0.25, 0.3) is 21.9 Å².